The first-order valence-corrected chi connectivity index (χ1v) is 5.23. The molecular weight excluding hydrogens is 180 g/mol. The van der Waals surface area contributed by atoms with Gasteiger partial charge >= 0.3 is 0 Å². The fourth-order valence-corrected chi connectivity index (χ4v) is 1.82. The second-order valence-corrected chi connectivity index (χ2v) is 3.79. The van der Waals surface area contributed by atoms with Gasteiger partial charge in [-0.25, -0.2) is 0 Å². The average Bonchev–Trinajstić information content (AvgIpc) is 2.62. The Hall–Kier alpha value is -0.610. The molecular formula is C10H20N2O2. The van der Waals surface area contributed by atoms with Crippen molar-refractivity contribution in [2.75, 3.05) is 20.7 Å². The van der Waals surface area contributed by atoms with E-state index in [-0.39, 0.29) is 5.91 Å². The summed E-state index contributed by atoms with van der Waals surface area (Å²) in [6.07, 6.45) is 3.97. The van der Waals surface area contributed by atoms with E-state index >= 15 is 0 Å². The molecule has 0 aliphatic heterocycles. The highest BCUT2D eigenvalue weighted by atomic mass is 16.5. The van der Waals surface area contributed by atoms with Crippen LogP contribution >= 0.6 is 0 Å². The minimum absolute atomic E-state index is 0.140. The molecule has 0 aromatic rings. The van der Waals surface area contributed by atoms with Crippen molar-refractivity contribution in [1.82, 2.24) is 10.6 Å². The van der Waals surface area contributed by atoms with E-state index in [0.29, 0.717) is 18.6 Å². The van der Waals surface area contributed by atoms with Crippen molar-refractivity contribution < 1.29 is 9.53 Å². The van der Waals surface area contributed by atoms with Gasteiger partial charge in [0.05, 0.1) is 6.10 Å². The summed E-state index contributed by atoms with van der Waals surface area (Å²) < 4.78 is 5.24. The van der Waals surface area contributed by atoms with Crippen molar-refractivity contribution in [2.45, 2.75) is 37.8 Å². The third-order valence-electron chi connectivity index (χ3n) is 2.69. The second kappa shape index (κ2) is 5.98. The van der Waals surface area contributed by atoms with Crippen molar-refractivity contribution in [3.8, 4) is 0 Å². The maximum Gasteiger partial charge on any atom is 0.221 e. The number of rotatable bonds is 5. The molecule has 4 nitrogen and oxygen atoms in total. The Labute approximate surface area is 85.4 Å². The Morgan fingerprint density at radius 3 is 2.86 bits per heavy atom. The average molecular weight is 200 g/mol. The highest BCUT2D eigenvalue weighted by Gasteiger charge is 2.25. The summed E-state index contributed by atoms with van der Waals surface area (Å²) >= 11 is 0. The lowest BCUT2D eigenvalue weighted by Crippen LogP contribution is -2.34. The molecule has 2 N–H and O–H groups in total. The van der Waals surface area contributed by atoms with Gasteiger partial charge in [0.1, 0.15) is 0 Å². The van der Waals surface area contributed by atoms with Crippen molar-refractivity contribution in [1.29, 1.82) is 0 Å². The Bertz CT molecular complexity index is 185. The van der Waals surface area contributed by atoms with Crippen LogP contribution < -0.4 is 10.6 Å². The number of hydrogen-bond donors (Lipinski definition) is 2. The van der Waals surface area contributed by atoms with Gasteiger partial charge in [0, 0.05) is 26.1 Å². The van der Waals surface area contributed by atoms with Gasteiger partial charge in [0.15, 0.2) is 0 Å². The Morgan fingerprint density at radius 2 is 2.29 bits per heavy atom. The summed E-state index contributed by atoms with van der Waals surface area (Å²) in [7, 11) is 3.58. The lowest BCUT2D eigenvalue weighted by molar-refractivity contribution is -0.121. The number of hydrogen-bond acceptors (Lipinski definition) is 3. The minimum Gasteiger partial charge on any atom is -0.381 e. The molecule has 0 radical (unpaired) electrons. The maximum absolute atomic E-state index is 11.4. The van der Waals surface area contributed by atoms with E-state index in [2.05, 4.69) is 10.6 Å². The smallest absolute Gasteiger partial charge is 0.221 e. The first kappa shape index (κ1) is 11.5. The van der Waals surface area contributed by atoms with Crippen LogP contribution in [0.4, 0.5) is 0 Å². The summed E-state index contributed by atoms with van der Waals surface area (Å²) in [6.45, 7) is 0.742. The third-order valence-corrected chi connectivity index (χ3v) is 2.69. The van der Waals surface area contributed by atoms with Gasteiger partial charge < -0.3 is 15.4 Å². The van der Waals surface area contributed by atoms with E-state index in [1.807, 2.05) is 7.05 Å². The fourth-order valence-electron chi connectivity index (χ4n) is 1.82. The molecule has 1 rings (SSSR count). The lowest BCUT2D eigenvalue weighted by Gasteiger charge is -2.12. The van der Waals surface area contributed by atoms with Crippen LogP contribution in [0.2, 0.25) is 0 Å². The van der Waals surface area contributed by atoms with Gasteiger partial charge in [-0.3, -0.25) is 4.79 Å². The number of carbonyl (C=O) groups is 1. The summed E-state index contributed by atoms with van der Waals surface area (Å²) in [5, 5.41) is 5.98. The quantitative estimate of drug-likeness (QED) is 0.670. The molecule has 2 atom stereocenters. The van der Waals surface area contributed by atoms with Crippen molar-refractivity contribution in [3.63, 3.8) is 0 Å². The van der Waals surface area contributed by atoms with Crippen LogP contribution in [0.25, 0.3) is 0 Å². The van der Waals surface area contributed by atoms with Gasteiger partial charge in [-0.1, -0.05) is 0 Å². The summed E-state index contributed by atoms with van der Waals surface area (Å²) in [5.41, 5.74) is 0. The van der Waals surface area contributed by atoms with Gasteiger partial charge in [0.2, 0.25) is 5.91 Å². The summed E-state index contributed by atoms with van der Waals surface area (Å²) in [6, 6.07) is 0.323. The normalized spacial score (nSPS) is 26.4. The van der Waals surface area contributed by atoms with Crippen LogP contribution in [0, 0.1) is 0 Å². The van der Waals surface area contributed by atoms with Crippen LogP contribution in [0.1, 0.15) is 25.7 Å². The van der Waals surface area contributed by atoms with Crippen LogP contribution in [0.3, 0.4) is 0 Å². The Kier molecular flexibility index (Phi) is 4.90. The SMILES string of the molecule is CNCCC(=O)NC1CCC(OC)C1. The first-order valence-electron chi connectivity index (χ1n) is 5.23. The molecule has 0 heterocycles. The van der Waals surface area contributed by atoms with E-state index in [1.165, 1.54) is 0 Å². The summed E-state index contributed by atoms with van der Waals surface area (Å²) in [5.74, 6) is 0.140. The van der Waals surface area contributed by atoms with Crippen molar-refractivity contribution >= 4 is 5.91 Å². The van der Waals surface area contributed by atoms with E-state index in [9.17, 15) is 4.79 Å². The molecule has 2 unspecified atom stereocenters. The lowest BCUT2D eigenvalue weighted by atomic mass is 10.2. The van der Waals surface area contributed by atoms with E-state index in [4.69, 9.17) is 4.74 Å². The van der Waals surface area contributed by atoms with Gasteiger partial charge in [-0.2, -0.15) is 0 Å². The van der Waals surface area contributed by atoms with Crippen LogP contribution in [0.5, 0.6) is 0 Å². The molecule has 1 amide bonds. The molecule has 0 aromatic heterocycles. The third kappa shape index (κ3) is 3.64. The molecule has 0 bridgehead atoms. The maximum atomic E-state index is 11.4. The number of ether oxygens (including phenoxy) is 1. The molecule has 82 valence electrons. The second-order valence-electron chi connectivity index (χ2n) is 3.79. The van der Waals surface area contributed by atoms with Crippen LogP contribution in [0.15, 0.2) is 0 Å². The van der Waals surface area contributed by atoms with E-state index < -0.39 is 0 Å². The Morgan fingerprint density at radius 1 is 1.50 bits per heavy atom. The molecule has 4 heteroatoms. The number of amides is 1. The molecule has 0 aromatic carbocycles. The Balaban J connectivity index is 2.15. The van der Waals surface area contributed by atoms with Crippen LogP contribution in [-0.4, -0.2) is 38.8 Å². The zero-order valence-electron chi connectivity index (χ0n) is 9.01. The molecule has 1 aliphatic carbocycles. The van der Waals surface area contributed by atoms with Crippen LogP contribution in [-0.2, 0) is 9.53 Å². The predicted octanol–water partition coefficient (Wildman–Crippen LogP) is 0.280. The fraction of sp³-hybridized carbons (Fsp3) is 0.900. The highest BCUT2D eigenvalue weighted by molar-refractivity contribution is 5.76. The van der Waals surface area contributed by atoms with Gasteiger partial charge in [-0.15, -0.1) is 0 Å². The van der Waals surface area contributed by atoms with E-state index in [0.717, 1.165) is 25.8 Å². The monoisotopic (exact) mass is 200 g/mol. The van der Waals surface area contributed by atoms with Gasteiger partial charge in [0.25, 0.3) is 0 Å². The van der Waals surface area contributed by atoms with Crippen molar-refractivity contribution in [3.05, 3.63) is 0 Å². The molecule has 1 aliphatic rings. The van der Waals surface area contributed by atoms with E-state index in [1.54, 1.807) is 7.11 Å². The number of methoxy groups -OCH3 is 1. The molecule has 0 saturated heterocycles. The highest BCUT2D eigenvalue weighted by Crippen LogP contribution is 2.21. The standard InChI is InChI=1S/C10H20N2O2/c1-11-6-5-10(13)12-8-3-4-9(7-8)14-2/h8-9,11H,3-7H2,1-2H3,(H,12,13). The zero-order chi connectivity index (χ0) is 10.4. The molecule has 1 saturated carbocycles. The zero-order valence-corrected chi connectivity index (χ0v) is 9.01. The minimum atomic E-state index is 0.140. The number of carbonyl (C=O) groups excluding carboxylic acids is 1. The molecule has 0 spiro atoms. The van der Waals surface area contributed by atoms with Crippen molar-refractivity contribution in [2.24, 2.45) is 0 Å². The molecule has 1 fully saturated rings. The predicted molar refractivity (Wildman–Crippen MR) is 55.1 cm³/mol. The molecule has 14 heavy (non-hydrogen) atoms. The largest absolute Gasteiger partial charge is 0.381 e. The van der Waals surface area contributed by atoms with Gasteiger partial charge in [-0.05, 0) is 26.3 Å². The number of nitrogens with one attached hydrogen (secondary N) is 2. The first-order chi connectivity index (χ1) is 6.76. The summed E-state index contributed by atoms with van der Waals surface area (Å²) in [4.78, 5) is 11.4. The topological polar surface area (TPSA) is 50.4 Å².